The first-order valence-electron chi connectivity index (χ1n) is 6.84. The van der Waals surface area contributed by atoms with Gasteiger partial charge in [-0.1, -0.05) is 29.8 Å². The van der Waals surface area contributed by atoms with Gasteiger partial charge in [-0.15, -0.1) is 0 Å². The molecule has 112 valence electrons. The summed E-state index contributed by atoms with van der Waals surface area (Å²) in [6, 6.07) is 7.68. The average molecular weight is 278 g/mol. The van der Waals surface area contributed by atoms with Gasteiger partial charge in [-0.3, -0.25) is 0 Å². The van der Waals surface area contributed by atoms with Crippen LogP contribution in [0.4, 0.5) is 4.79 Å². The molecule has 0 heterocycles. The summed E-state index contributed by atoms with van der Waals surface area (Å²) in [7, 11) is 0. The third-order valence-corrected chi connectivity index (χ3v) is 3.04. The summed E-state index contributed by atoms with van der Waals surface area (Å²) in [5.41, 5.74) is 7.31. The smallest absolute Gasteiger partial charge is 0.408 e. The number of nitrogens with two attached hydrogens (primary N) is 1. The highest BCUT2D eigenvalue weighted by molar-refractivity contribution is 5.68. The molecule has 0 aliphatic heterocycles. The number of carbonyl (C=O) groups excluding carboxylic acids is 1. The normalized spacial score (nSPS) is 13.8. The molecule has 0 radical (unpaired) electrons. The third-order valence-electron chi connectivity index (χ3n) is 3.04. The fourth-order valence-corrected chi connectivity index (χ4v) is 1.83. The van der Waals surface area contributed by atoms with Gasteiger partial charge in [-0.05, 0) is 47.1 Å². The molecule has 0 spiro atoms. The molecule has 0 bridgehead atoms. The van der Waals surface area contributed by atoms with E-state index in [4.69, 9.17) is 10.5 Å². The summed E-state index contributed by atoms with van der Waals surface area (Å²) < 4.78 is 5.27. The van der Waals surface area contributed by atoms with Crippen molar-refractivity contribution in [1.82, 2.24) is 5.32 Å². The zero-order valence-corrected chi connectivity index (χ0v) is 13.3. The second-order valence-corrected chi connectivity index (χ2v) is 6.74. The van der Waals surface area contributed by atoms with Crippen molar-refractivity contribution in [3.05, 3.63) is 35.4 Å². The molecule has 1 aromatic rings. The Kier molecular flexibility index (Phi) is 4.81. The van der Waals surface area contributed by atoms with Gasteiger partial charge in [-0.2, -0.15) is 0 Å². The Labute approximate surface area is 121 Å². The Balaban J connectivity index is 2.77. The first-order chi connectivity index (χ1) is 9.01. The van der Waals surface area contributed by atoms with E-state index < -0.39 is 17.2 Å². The summed E-state index contributed by atoms with van der Waals surface area (Å²) in [4.78, 5) is 11.9. The van der Waals surface area contributed by atoms with Gasteiger partial charge in [0.2, 0.25) is 0 Å². The molecule has 3 N–H and O–H groups in total. The van der Waals surface area contributed by atoms with E-state index in [2.05, 4.69) is 5.32 Å². The summed E-state index contributed by atoms with van der Waals surface area (Å²) in [6.45, 7) is 11.3. The molecule has 4 nitrogen and oxygen atoms in total. The van der Waals surface area contributed by atoms with Crippen molar-refractivity contribution < 1.29 is 9.53 Å². The monoisotopic (exact) mass is 278 g/mol. The predicted octanol–water partition coefficient (Wildman–Crippen LogP) is 3.30. The standard InChI is InChI=1S/C16H26N2O2/c1-11-7-9-12(10-8-11)13(17)16(5,6)18-14(19)20-15(2,3)4/h7-10,13H,17H2,1-6H3,(H,18,19). The highest BCUT2D eigenvalue weighted by Gasteiger charge is 2.31. The maximum absolute atomic E-state index is 11.9. The van der Waals surface area contributed by atoms with Crippen LogP contribution in [0.3, 0.4) is 0 Å². The van der Waals surface area contributed by atoms with Gasteiger partial charge in [0.25, 0.3) is 0 Å². The van der Waals surface area contributed by atoms with E-state index in [1.54, 1.807) is 0 Å². The zero-order valence-electron chi connectivity index (χ0n) is 13.3. The Bertz CT molecular complexity index is 458. The van der Waals surface area contributed by atoms with E-state index in [1.165, 1.54) is 5.56 Å². The van der Waals surface area contributed by atoms with Crippen LogP contribution in [0.2, 0.25) is 0 Å². The molecule has 1 aromatic carbocycles. The maximum atomic E-state index is 11.9. The van der Waals surface area contributed by atoms with E-state index in [-0.39, 0.29) is 6.04 Å². The van der Waals surface area contributed by atoms with E-state index in [1.807, 2.05) is 65.8 Å². The lowest BCUT2D eigenvalue weighted by atomic mass is 9.89. The third kappa shape index (κ3) is 4.85. The summed E-state index contributed by atoms with van der Waals surface area (Å²) in [6.07, 6.45) is -0.454. The number of nitrogens with one attached hydrogen (secondary N) is 1. The lowest BCUT2D eigenvalue weighted by Gasteiger charge is -2.34. The first-order valence-corrected chi connectivity index (χ1v) is 6.84. The molecule has 20 heavy (non-hydrogen) atoms. The number of aryl methyl sites for hydroxylation is 1. The van der Waals surface area contributed by atoms with Gasteiger partial charge in [0.1, 0.15) is 5.60 Å². The Morgan fingerprint density at radius 2 is 1.65 bits per heavy atom. The topological polar surface area (TPSA) is 64.3 Å². The van der Waals surface area contributed by atoms with E-state index in [0.717, 1.165) is 5.56 Å². The number of ether oxygens (including phenoxy) is 1. The molecule has 0 aromatic heterocycles. The van der Waals surface area contributed by atoms with Crippen molar-refractivity contribution in [1.29, 1.82) is 0 Å². The minimum atomic E-state index is -0.600. The summed E-state index contributed by atoms with van der Waals surface area (Å²) >= 11 is 0. The minimum Gasteiger partial charge on any atom is -0.444 e. The van der Waals surface area contributed by atoms with Gasteiger partial charge < -0.3 is 15.8 Å². The van der Waals surface area contributed by atoms with Crippen LogP contribution < -0.4 is 11.1 Å². The Morgan fingerprint density at radius 1 is 1.15 bits per heavy atom. The van der Waals surface area contributed by atoms with Crippen molar-refractivity contribution in [2.24, 2.45) is 5.73 Å². The van der Waals surface area contributed by atoms with Crippen LogP contribution in [0, 0.1) is 6.92 Å². The average Bonchev–Trinajstić information content (AvgIpc) is 2.25. The van der Waals surface area contributed by atoms with Crippen molar-refractivity contribution in [3.8, 4) is 0 Å². The van der Waals surface area contributed by atoms with Gasteiger partial charge in [0.05, 0.1) is 11.6 Å². The van der Waals surface area contributed by atoms with Crippen LogP contribution in [-0.4, -0.2) is 17.2 Å². The van der Waals surface area contributed by atoms with Gasteiger partial charge in [0, 0.05) is 0 Å². The molecule has 4 heteroatoms. The molecule has 1 amide bonds. The fraction of sp³-hybridized carbons (Fsp3) is 0.562. The number of alkyl carbamates (subject to hydrolysis) is 1. The number of benzene rings is 1. The fourth-order valence-electron chi connectivity index (χ4n) is 1.83. The molecule has 1 atom stereocenters. The van der Waals surface area contributed by atoms with Gasteiger partial charge in [-0.25, -0.2) is 4.79 Å². The maximum Gasteiger partial charge on any atom is 0.408 e. The number of rotatable bonds is 3. The highest BCUT2D eigenvalue weighted by atomic mass is 16.6. The Morgan fingerprint density at radius 3 is 2.10 bits per heavy atom. The zero-order chi connectivity index (χ0) is 15.6. The predicted molar refractivity (Wildman–Crippen MR) is 81.6 cm³/mol. The van der Waals surface area contributed by atoms with E-state index in [0.29, 0.717) is 0 Å². The molecule has 0 aliphatic carbocycles. The SMILES string of the molecule is Cc1ccc(C(N)C(C)(C)NC(=O)OC(C)(C)C)cc1. The number of hydrogen-bond acceptors (Lipinski definition) is 3. The van der Waals surface area contributed by atoms with Crippen molar-refractivity contribution in [2.75, 3.05) is 0 Å². The quantitative estimate of drug-likeness (QED) is 0.891. The van der Waals surface area contributed by atoms with Crippen LogP contribution in [0.1, 0.15) is 51.8 Å². The van der Waals surface area contributed by atoms with Crippen LogP contribution >= 0.6 is 0 Å². The molecule has 0 aliphatic rings. The molecule has 1 unspecified atom stereocenters. The van der Waals surface area contributed by atoms with Crippen LogP contribution in [-0.2, 0) is 4.74 Å². The van der Waals surface area contributed by atoms with Crippen LogP contribution in [0.15, 0.2) is 24.3 Å². The molecule has 0 saturated heterocycles. The number of carbonyl (C=O) groups is 1. The first kappa shape index (κ1) is 16.5. The number of amides is 1. The highest BCUT2D eigenvalue weighted by Crippen LogP contribution is 2.24. The molecular formula is C16H26N2O2. The van der Waals surface area contributed by atoms with Crippen LogP contribution in [0.25, 0.3) is 0 Å². The van der Waals surface area contributed by atoms with Crippen LogP contribution in [0.5, 0.6) is 0 Å². The van der Waals surface area contributed by atoms with Crippen molar-refractivity contribution in [3.63, 3.8) is 0 Å². The van der Waals surface area contributed by atoms with Gasteiger partial charge in [0.15, 0.2) is 0 Å². The number of hydrogen-bond donors (Lipinski definition) is 2. The second kappa shape index (κ2) is 5.83. The molecular weight excluding hydrogens is 252 g/mol. The summed E-state index contributed by atoms with van der Waals surface area (Å²) in [5.74, 6) is 0. The van der Waals surface area contributed by atoms with Crippen molar-refractivity contribution in [2.45, 2.75) is 58.7 Å². The summed E-state index contributed by atoms with van der Waals surface area (Å²) in [5, 5.41) is 2.84. The molecule has 1 rings (SSSR count). The van der Waals surface area contributed by atoms with Crippen molar-refractivity contribution >= 4 is 6.09 Å². The van der Waals surface area contributed by atoms with E-state index in [9.17, 15) is 4.79 Å². The largest absolute Gasteiger partial charge is 0.444 e. The molecule has 0 saturated carbocycles. The Hall–Kier alpha value is -1.55. The lowest BCUT2D eigenvalue weighted by Crippen LogP contribution is -2.52. The second-order valence-electron chi connectivity index (χ2n) is 6.74. The minimum absolute atomic E-state index is 0.310. The molecule has 0 fully saturated rings. The van der Waals surface area contributed by atoms with Gasteiger partial charge >= 0.3 is 6.09 Å². The van der Waals surface area contributed by atoms with E-state index >= 15 is 0 Å². The lowest BCUT2D eigenvalue weighted by molar-refractivity contribution is 0.0458.